The lowest BCUT2D eigenvalue weighted by Gasteiger charge is -2.08. The second kappa shape index (κ2) is 6.36. The Labute approximate surface area is 131 Å². The molecule has 0 atom stereocenters. The molecule has 0 saturated heterocycles. The Kier molecular flexibility index (Phi) is 4.11. The van der Waals surface area contributed by atoms with Gasteiger partial charge in [-0.3, -0.25) is 4.79 Å². The number of amides is 1. The van der Waals surface area contributed by atoms with Crippen molar-refractivity contribution in [2.75, 3.05) is 0 Å². The van der Waals surface area contributed by atoms with Gasteiger partial charge in [-0.2, -0.15) is 0 Å². The minimum Gasteiger partial charge on any atom is -0.348 e. The number of nitrogens with one attached hydrogen (secondary N) is 1. The fourth-order valence-corrected chi connectivity index (χ4v) is 2.19. The molecule has 0 radical (unpaired) electrons. The number of benzene rings is 2. The molecular formula is C15H12ClN5O. The van der Waals surface area contributed by atoms with Crippen molar-refractivity contribution < 1.29 is 4.79 Å². The molecule has 0 spiro atoms. The van der Waals surface area contributed by atoms with E-state index < -0.39 is 0 Å². The van der Waals surface area contributed by atoms with Gasteiger partial charge in [0.15, 0.2) is 0 Å². The highest BCUT2D eigenvalue weighted by Gasteiger charge is 2.08. The summed E-state index contributed by atoms with van der Waals surface area (Å²) in [5.41, 5.74) is 2.12. The molecule has 1 aromatic heterocycles. The summed E-state index contributed by atoms with van der Waals surface area (Å²) < 4.78 is 1.49. The highest BCUT2D eigenvalue weighted by molar-refractivity contribution is 6.31. The Morgan fingerprint density at radius 3 is 2.82 bits per heavy atom. The van der Waals surface area contributed by atoms with Crippen LogP contribution in [0.3, 0.4) is 0 Å². The quantitative estimate of drug-likeness (QED) is 0.802. The zero-order chi connectivity index (χ0) is 15.4. The highest BCUT2D eigenvalue weighted by atomic mass is 35.5. The standard InChI is InChI=1S/C15H12ClN5O/c16-14-7-2-1-4-12(14)9-17-15(22)11-5-3-6-13(8-11)21-10-18-19-20-21/h1-8,10H,9H2,(H,17,22). The number of hydrogen-bond donors (Lipinski definition) is 1. The van der Waals surface area contributed by atoms with Gasteiger partial charge in [-0.05, 0) is 40.3 Å². The number of carbonyl (C=O) groups excluding carboxylic acids is 1. The van der Waals surface area contributed by atoms with E-state index in [1.54, 1.807) is 24.3 Å². The zero-order valence-corrected chi connectivity index (χ0v) is 12.2. The number of carbonyl (C=O) groups is 1. The van der Waals surface area contributed by atoms with Gasteiger partial charge in [0, 0.05) is 17.1 Å². The van der Waals surface area contributed by atoms with E-state index in [2.05, 4.69) is 20.8 Å². The van der Waals surface area contributed by atoms with Gasteiger partial charge < -0.3 is 5.32 Å². The summed E-state index contributed by atoms with van der Waals surface area (Å²) in [6.45, 7) is 0.369. The van der Waals surface area contributed by atoms with Crippen LogP contribution in [0.15, 0.2) is 54.9 Å². The second-order valence-electron chi connectivity index (χ2n) is 4.58. The number of nitrogens with zero attached hydrogens (tertiary/aromatic N) is 4. The largest absolute Gasteiger partial charge is 0.348 e. The summed E-state index contributed by atoms with van der Waals surface area (Å²) in [5.74, 6) is -0.185. The summed E-state index contributed by atoms with van der Waals surface area (Å²) in [6.07, 6.45) is 1.47. The maximum atomic E-state index is 12.2. The molecule has 0 saturated carbocycles. The number of tetrazole rings is 1. The van der Waals surface area contributed by atoms with Crippen LogP contribution in [-0.2, 0) is 6.54 Å². The van der Waals surface area contributed by atoms with Gasteiger partial charge in [-0.25, -0.2) is 4.68 Å². The Hall–Kier alpha value is -2.73. The third-order valence-corrected chi connectivity index (χ3v) is 3.49. The molecule has 7 heteroatoms. The number of aromatic nitrogens is 4. The van der Waals surface area contributed by atoms with Crippen LogP contribution < -0.4 is 5.32 Å². The van der Waals surface area contributed by atoms with Crippen LogP contribution in [0, 0.1) is 0 Å². The van der Waals surface area contributed by atoms with Crippen LogP contribution in [0.4, 0.5) is 0 Å². The molecule has 0 bridgehead atoms. The van der Waals surface area contributed by atoms with Crippen molar-refractivity contribution in [3.05, 3.63) is 71.0 Å². The third kappa shape index (κ3) is 3.12. The molecule has 3 rings (SSSR count). The predicted molar refractivity (Wildman–Crippen MR) is 81.8 cm³/mol. The molecule has 0 aliphatic rings. The molecule has 3 aromatic rings. The maximum Gasteiger partial charge on any atom is 0.251 e. The van der Waals surface area contributed by atoms with Gasteiger partial charge in [0.2, 0.25) is 0 Å². The smallest absolute Gasteiger partial charge is 0.251 e. The Morgan fingerprint density at radius 2 is 2.05 bits per heavy atom. The van der Waals surface area contributed by atoms with Gasteiger partial charge in [-0.15, -0.1) is 5.10 Å². The summed E-state index contributed by atoms with van der Waals surface area (Å²) in [7, 11) is 0. The first-order valence-corrected chi connectivity index (χ1v) is 6.97. The van der Waals surface area contributed by atoms with E-state index in [-0.39, 0.29) is 5.91 Å². The average molecular weight is 314 g/mol. The highest BCUT2D eigenvalue weighted by Crippen LogP contribution is 2.15. The Bertz CT molecular complexity index is 788. The van der Waals surface area contributed by atoms with Gasteiger partial charge in [-0.1, -0.05) is 35.9 Å². The molecule has 22 heavy (non-hydrogen) atoms. The number of hydrogen-bond acceptors (Lipinski definition) is 4. The van der Waals surface area contributed by atoms with Crippen molar-refractivity contribution in [1.29, 1.82) is 0 Å². The summed E-state index contributed by atoms with van der Waals surface area (Å²) in [5, 5.41) is 14.4. The normalized spacial score (nSPS) is 10.4. The van der Waals surface area contributed by atoms with Crippen molar-refractivity contribution in [3.8, 4) is 5.69 Å². The second-order valence-corrected chi connectivity index (χ2v) is 4.99. The third-order valence-electron chi connectivity index (χ3n) is 3.12. The van der Waals surface area contributed by atoms with E-state index in [0.29, 0.717) is 17.1 Å². The van der Waals surface area contributed by atoms with Crippen LogP contribution in [-0.4, -0.2) is 26.1 Å². The zero-order valence-electron chi connectivity index (χ0n) is 11.5. The van der Waals surface area contributed by atoms with E-state index in [4.69, 9.17) is 11.6 Å². The van der Waals surface area contributed by atoms with Crippen molar-refractivity contribution in [3.63, 3.8) is 0 Å². The number of rotatable bonds is 4. The molecule has 1 N–H and O–H groups in total. The fourth-order valence-electron chi connectivity index (χ4n) is 1.99. The van der Waals surface area contributed by atoms with Crippen molar-refractivity contribution in [1.82, 2.24) is 25.5 Å². The minimum absolute atomic E-state index is 0.185. The summed E-state index contributed by atoms with van der Waals surface area (Å²) >= 11 is 6.07. The lowest BCUT2D eigenvalue weighted by atomic mass is 10.1. The Balaban J connectivity index is 1.73. The minimum atomic E-state index is -0.185. The first kappa shape index (κ1) is 14.2. The molecular weight excluding hydrogens is 302 g/mol. The van der Waals surface area contributed by atoms with Crippen molar-refractivity contribution in [2.24, 2.45) is 0 Å². The molecule has 0 unspecified atom stereocenters. The predicted octanol–water partition coefficient (Wildman–Crippen LogP) is 2.25. The molecule has 1 heterocycles. The topological polar surface area (TPSA) is 72.7 Å². The van der Waals surface area contributed by atoms with E-state index >= 15 is 0 Å². The van der Waals surface area contributed by atoms with E-state index in [0.717, 1.165) is 11.3 Å². The SMILES string of the molecule is O=C(NCc1ccccc1Cl)c1cccc(-n2cnnn2)c1. The van der Waals surface area contributed by atoms with E-state index in [1.807, 2.05) is 24.3 Å². The lowest BCUT2D eigenvalue weighted by Crippen LogP contribution is -2.23. The van der Waals surface area contributed by atoms with Crippen LogP contribution in [0.25, 0.3) is 5.69 Å². The van der Waals surface area contributed by atoms with E-state index in [9.17, 15) is 4.79 Å². The van der Waals surface area contributed by atoms with Gasteiger partial charge in [0.05, 0.1) is 5.69 Å². The lowest BCUT2D eigenvalue weighted by molar-refractivity contribution is 0.0951. The van der Waals surface area contributed by atoms with Crippen LogP contribution in [0.5, 0.6) is 0 Å². The molecule has 0 fully saturated rings. The van der Waals surface area contributed by atoms with Crippen molar-refractivity contribution in [2.45, 2.75) is 6.54 Å². The molecule has 110 valence electrons. The van der Waals surface area contributed by atoms with E-state index in [1.165, 1.54) is 11.0 Å². The molecule has 0 aliphatic heterocycles. The Morgan fingerprint density at radius 1 is 1.18 bits per heavy atom. The van der Waals surface area contributed by atoms with Crippen LogP contribution >= 0.6 is 11.6 Å². The average Bonchev–Trinajstić information content (AvgIpc) is 3.08. The van der Waals surface area contributed by atoms with Gasteiger partial charge >= 0.3 is 0 Å². The molecule has 6 nitrogen and oxygen atoms in total. The maximum absolute atomic E-state index is 12.2. The summed E-state index contributed by atoms with van der Waals surface area (Å²) in [4.78, 5) is 12.2. The fraction of sp³-hybridized carbons (Fsp3) is 0.0667. The molecule has 1 amide bonds. The summed E-state index contributed by atoms with van der Waals surface area (Å²) in [6, 6.07) is 14.5. The van der Waals surface area contributed by atoms with Crippen LogP contribution in [0.2, 0.25) is 5.02 Å². The van der Waals surface area contributed by atoms with Gasteiger partial charge in [0.1, 0.15) is 6.33 Å². The van der Waals surface area contributed by atoms with Crippen LogP contribution in [0.1, 0.15) is 15.9 Å². The first-order chi connectivity index (χ1) is 10.7. The monoisotopic (exact) mass is 313 g/mol. The van der Waals surface area contributed by atoms with Crippen molar-refractivity contribution >= 4 is 17.5 Å². The van der Waals surface area contributed by atoms with Gasteiger partial charge in [0.25, 0.3) is 5.91 Å². The number of halogens is 1. The molecule has 2 aromatic carbocycles. The first-order valence-electron chi connectivity index (χ1n) is 6.59. The molecule has 0 aliphatic carbocycles.